The van der Waals surface area contributed by atoms with E-state index in [4.69, 9.17) is 5.11 Å². The number of hydrogen-bond acceptors (Lipinski definition) is 2. The van der Waals surface area contributed by atoms with Gasteiger partial charge < -0.3 is 10.4 Å². The van der Waals surface area contributed by atoms with E-state index in [-0.39, 0.29) is 12.1 Å². The first-order valence-electron chi connectivity index (χ1n) is 5.70. The number of rotatable bonds is 4. The second-order valence-electron chi connectivity index (χ2n) is 4.48. The Labute approximate surface area is 87.4 Å². The van der Waals surface area contributed by atoms with Crippen LogP contribution in [0, 0.1) is 5.92 Å². The Balaban J connectivity index is 2.72. The summed E-state index contributed by atoms with van der Waals surface area (Å²) in [5, 5.41) is 12.7. The fourth-order valence-electron chi connectivity index (χ4n) is 2.49. The Kier molecular flexibility index (Phi) is 4.14. The van der Waals surface area contributed by atoms with Gasteiger partial charge in [0.2, 0.25) is 0 Å². The molecule has 0 saturated carbocycles. The van der Waals surface area contributed by atoms with E-state index in [1.807, 2.05) is 0 Å². The Morgan fingerprint density at radius 2 is 2.29 bits per heavy atom. The van der Waals surface area contributed by atoms with E-state index in [1.165, 1.54) is 12.0 Å². The summed E-state index contributed by atoms with van der Waals surface area (Å²) in [6.45, 7) is 7.95. The van der Waals surface area contributed by atoms with Gasteiger partial charge in [-0.2, -0.15) is 0 Å². The van der Waals surface area contributed by atoms with Crippen LogP contribution >= 0.6 is 0 Å². The quantitative estimate of drug-likeness (QED) is 0.676. The lowest BCUT2D eigenvalue weighted by Crippen LogP contribution is -2.50. The van der Waals surface area contributed by atoms with Crippen LogP contribution < -0.4 is 5.32 Å². The number of aliphatic hydroxyl groups excluding tert-OH is 1. The summed E-state index contributed by atoms with van der Waals surface area (Å²) in [6, 6.07) is 0. The van der Waals surface area contributed by atoms with Crippen LogP contribution in [0.2, 0.25) is 0 Å². The Hall–Kier alpha value is -0.340. The van der Waals surface area contributed by atoms with Crippen LogP contribution in [-0.4, -0.2) is 23.8 Å². The third kappa shape index (κ3) is 2.37. The third-order valence-corrected chi connectivity index (χ3v) is 3.50. The first-order valence-corrected chi connectivity index (χ1v) is 5.70. The van der Waals surface area contributed by atoms with Gasteiger partial charge in [0.1, 0.15) is 0 Å². The van der Waals surface area contributed by atoms with Crippen molar-refractivity contribution in [3.8, 4) is 0 Å². The summed E-state index contributed by atoms with van der Waals surface area (Å²) in [7, 11) is 0. The van der Waals surface area contributed by atoms with Gasteiger partial charge in [0.25, 0.3) is 0 Å². The molecule has 82 valence electrons. The molecule has 0 spiro atoms. The molecule has 1 aliphatic carbocycles. The highest BCUT2D eigenvalue weighted by Gasteiger charge is 2.34. The van der Waals surface area contributed by atoms with Gasteiger partial charge >= 0.3 is 0 Å². The van der Waals surface area contributed by atoms with Crippen molar-refractivity contribution in [3.05, 3.63) is 11.6 Å². The summed E-state index contributed by atoms with van der Waals surface area (Å²) < 4.78 is 0. The molecule has 0 aromatic rings. The maximum Gasteiger partial charge on any atom is 0.0641 e. The first-order chi connectivity index (χ1) is 6.66. The Bertz CT molecular complexity index is 212. The maximum absolute atomic E-state index is 9.12. The molecule has 0 bridgehead atoms. The Morgan fingerprint density at radius 1 is 1.57 bits per heavy atom. The SMILES string of the molecule is CCN[C@]1(C)CC=C(CO)CC1CC. The first kappa shape index (κ1) is 11.7. The molecule has 0 aromatic heterocycles. The van der Waals surface area contributed by atoms with Crippen LogP contribution in [0.3, 0.4) is 0 Å². The molecule has 0 saturated heterocycles. The summed E-state index contributed by atoms with van der Waals surface area (Å²) in [6.07, 6.45) is 5.49. The molecular weight excluding hydrogens is 174 g/mol. The summed E-state index contributed by atoms with van der Waals surface area (Å²) in [5.74, 6) is 0.662. The largest absolute Gasteiger partial charge is 0.392 e. The maximum atomic E-state index is 9.12. The molecule has 2 N–H and O–H groups in total. The van der Waals surface area contributed by atoms with Gasteiger partial charge in [-0.15, -0.1) is 0 Å². The summed E-state index contributed by atoms with van der Waals surface area (Å²) in [5.41, 5.74) is 1.45. The molecule has 0 aromatic carbocycles. The average Bonchev–Trinajstić information content (AvgIpc) is 2.19. The molecule has 1 aliphatic rings. The van der Waals surface area contributed by atoms with Gasteiger partial charge in [0, 0.05) is 5.54 Å². The van der Waals surface area contributed by atoms with Crippen LogP contribution in [0.4, 0.5) is 0 Å². The molecule has 0 aliphatic heterocycles. The zero-order valence-corrected chi connectivity index (χ0v) is 9.64. The van der Waals surface area contributed by atoms with Crippen molar-refractivity contribution in [2.24, 2.45) is 5.92 Å². The third-order valence-electron chi connectivity index (χ3n) is 3.50. The topological polar surface area (TPSA) is 32.3 Å². The van der Waals surface area contributed by atoms with Crippen molar-refractivity contribution in [1.82, 2.24) is 5.32 Å². The molecule has 2 atom stereocenters. The van der Waals surface area contributed by atoms with Crippen molar-refractivity contribution in [2.45, 2.75) is 45.6 Å². The van der Waals surface area contributed by atoms with Gasteiger partial charge in [-0.3, -0.25) is 0 Å². The molecule has 2 nitrogen and oxygen atoms in total. The highest BCUT2D eigenvalue weighted by Crippen LogP contribution is 2.34. The second kappa shape index (κ2) is 4.94. The molecule has 0 fully saturated rings. The number of nitrogens with one attached hydrogen (secondary N) is 1. The minimum Gasteiger partial charge on any atom is -0.392 e. The molecule has 1 rings (SSSR count). The Morgan fingerprint density at radius 3 is 2.79 bits per heavy atom. The second-order valence-corrected chi connectivity index (χ2v) is 4.48. The van der Waals surface area contributed by atoms with Gasteiger partial charge in [-0.05, 0) is 37.8 Å². The molecular formula is C12H23NO. The van der Waals surface area contributed by atoms with Crippen molar-refractivity contribution < 1.29 is 5.11 Å². The van der Waals surface area contributed by atoms with E-state index >= 15 is 0 Å². The lowest BCUT2D eigenvalue weighted by atomic mass is 9.73. The van der Waals surface area contributed by atoms with E-state index in [1.54, 1.807) is 0 Å². The van der Waals surface area contributed by atoms with E-state index < -0.39 is 0 Å². The zero-order chi connectivity index (χ0) is 10.6. The van der Waals surface area contributed by atoms with Gasteiger partial charge in [0.15, 0.2) is 0 Å². The van der Waals surface area contributed by atoms with Crippen LogP contribution in [0.5, 0.6) is 0 Å². The smallest absolute Gasteiger partial charge is 0.0641 e. The fourth-order valence-corrected chi connectivity index (χ4v) is 2.49. The van der Waals surface area contributed by atoms with Crippen LogP contribution in [0.15, 0.2) is 11.6 Å². The molecule has 0 amide bonds. The minimum atomic E-state index is 0.235. The van der Waals surface area contributed by atoms with E-state index in [0.717, 1.165) is 19.4 Å². The van der Waals surface area contributed by atoms with Crippen molar-refractivity contribution >= 4 is 0 Å². The average molecular weight is 197 g/mol. The normalized spacial score (nSPS) is 32.9. The predicted molar refractivity (Wildman–Crippen MR) is 60.3 cm³/mol. The van der Waals surface area contributed by atoms with Gasteiger partial charge in [-0.25, -0.2) is 0 Å². The van der Waals surface area contributed by atoms with Gasteiger partial charge in [0.05, 0.1) is 6.61 Å². The molecule has 0 radical (unpaired) electrons. The minimum absolute atomic E-state index is 0.235. The fraction of sp³-hybridized carbons (Fsp3) is 0.833. The highest BCUT2D eigenvalue weighted by molar-refractivity contribution is 5.14. The van der Waals surface area contributed by atoms with Crippen molar-refractivity contribution in [2.75, 3.05) is 13.2 Å². The van der Waals surface area contributed by atoms with E-state index in [0.29, 0.717) is 5.92 Å². The van der Waals surface area contributed by atoms with E-state index in [9.17, 15) is 0 Å². The lowest BCUT2D eigenvalue weighted by Gasteiger charge is -2.41. The summed E-state index contributed by atoms with van der Waals surface area (Å²) >= 11 is 0. The van der Waals surface area contributed by atoms with Gasteiger partial charge in [-0.1, -0.05) is 26.3 Å². The van der Waals surface area contributed by atoms with Crippen LogP contribution in [-0.2, 0) is 0 Å². The monoisotopic (exact) mass is 197 g/mol. The van der Waals surface area contributed by atoms with Crippen molar-refractivity contribution in [3.63, 3.8) is 0 Å². The highest BCUT2D eigenvalue weighted by atomic mass is 16.3. The van der Waals surface area contributed by atoms with E-state index in [2.05, 4.69) is 32.2 Å². The standard InChI is InChI=1S/C12H23NO/c1-4-11-8-10(9-14)6-7-12(11,3)13-5-2/h6,11,13-14H,4-5,7-9H2,1-3H3/t11?,12-/m1/s1. The predicted octanol–water partition coefficient (Wildman–Crippen LogP) is 2.09. The molecule has 14 heavy (non-hydrogen) atoms. The van der Waals surface area contributed by atoms with Crippen LogP contribution in [0.1, 0.15) is 40.0 Å². The summed E-state index contributed by atoms with van der Waals surface area (Å²) in [4.78, 5) is 0. The zero-order valence-electron chi connectivity index (χ0n) is 9.64. The molecule has 2 heteroatoms. The molecule has 0 heterocycles. The molecule has 1 unspecified atom stereocenters. The lowest BCUT2D eigenvalue weighted by molar-refractivity contribution is 0.203. The number of aliphatic hydroxyl groups is 1. The van der Waals surface area contributed by atoms with Crippen molar-refractivity contribution in [1.29, 1.82) is 0 Å². The number of hydrogen-bond donors (Lipinski definition) is 2. The van der Waals surface area contributed by atoms with Crippen LogP contribution in [0.25, 0.3) is 0 Å².